The molecule has 1 aromatic heterocycles. The fourth-order valence-corrected chi connectivity index (χ4v) is 4.57. The average Bonchev–Trinajstić information content (AvgIpc) is 3.23. The minimum atomic E-state index is -0.421. The molecular weight excluding hydrogens is 386 g/mol. The zero-order chi connectivity index (χ0) is 21.7. The molecule has 5 nitrogen and oxygen atoms in total. The van der Waals surface area contributed by atoms with Crippen LogP contribution in [0.5, 0.6) is 5.75 Å². The quantitative estimate of drug-likeness (QED) is 0.635. The number of rotatable bonds is 7. The van der Waals surface area contributed by atoms with Gasteiger partial charge in [-0.1, -0.05) is 48.5 Å². The SMILES string of the molecule is CNC(=O)C1(Cc2ccc(-c3ccccc3OC)cc2)CCN(Cc2ccccn2)C1. The molecule has 1 aliphatic rings. The van der Waals surface area contributed by atoms with Gasteiger partial charge in [0.05, 0.1) is 18.2 Å². The number of pyridine rings is 1. The molecular formula is C26H29N3O2. The van der Waals surface area contributed by atoms with Gasteiger partial charge in [-0.15, -0.1) is 0 Å². The number of aromatic nitrogens is 1. The number of ether oxygens (including phenoxy) is 1. The van der Waals surface area contributed by atoms with Gasteiger partial charge in [-0.25, -0.2) is 0 Å². The summed E-state index contributed by atoms with van der Waals surface area (Å²) in [6.07, 6.45) is 3.38. The first kappa shape index (κ1) is 21.1. The van der Waals surface area contributed by atoms with E-state index < -0.39 is 5.41 Å². The smallest absolute Gasteiger partial charge is 0.227 e. The van der Waals surface area contributed by atoms with Crippen LogP contribution in [-0.4, -0.2) is 43.0 Å². The van der Waals surface area contributed by atoms with Crippen LogP contribution < -0.4 is 10.1 Å². The lowest BCUT2D eigenvalue weighted by Crippen LogP contribution is -2.43. The molecule has 1 aliphatic heterocycles. The summed E-state index contributed by atoms with van der Waals surface area (Å²) in [6, 6.07) is 22.5. The third-order valence-corrected chi connectivity index (χ3v) is 6.17. The minimum absolute atomic E-state index is 0.116. The first-order chi connectivity index (χ1) is 15.1. The fraction of sp³-hybridized carbons (Fsp3) is 0.308. The van der Waals surface area contributed by atoms with Crippen LogP contribution in [0.2, 0.25) is 0 Å². The lowest BCUT2D eigenvalue weighted by Gasteiger charge is -2.28. The number of nitrogens with zero attached hydrogens (tertiary/aromatic N) is 2. The van der Waals surface area contributed by atoms with Crippen molar-refractivity contribution in [2.75, 3.05) is 27.2 Å². The summed E-state index contributed by atoms with van der Waals surface area (Å²) >= 11 is 0. The monoisotopic (exact) mass is 415 g/mol. The Morgan fingerprint density at radius 2 is 1.87 bits per heavy atom. The molecule has 0 radical (unpaired) electrons. The number of para-hydroxylation sites is 1. The van der Waals surface area contributed by atoms with Crippen molar-refractivity contribution in [2.45, 2.75) is 19.4 Å². The summed E-state index contributed by atoms with van der Waals surface area (Å²) in [7, 11) is 3.42. The van der Waals surface area contributed by atoms with E-state index in [9.17, 15) is 4.79 Å². The molecule has 2 aromatic carbocycles. The fourth-order valence-electron chi connectivity index (χ4n) is 4.57. The maximum atomic E-state index is 12.9. The second kappa shape index (κ2) is 9.31. The molecule has 31 heavy (non-hydrogen) atoms. The van der Waals surface area contributed by atoms with Gasteiger partial charge in [0.2, 0.25) is 5.91 Å². The number of carbonyl (C=O) groups excluding carboxylic acids is 1. The predicted octanol–water partition coefficient (Wildman–Crippen LogP) is 3.94. The molecule has 1 saturated heterocycles. The van der Waals surface area contributed by atoms with Gasteiger partial charge in [-0.05, 0) is 48.7 Å². The van der Waals surface area contributed by atoms with Crippen LogP contribution in [0.4, 0.5) is 0 Å². The highest BCUT2D eigenvalue weighted by atomic mass is 16.5. The Kier molecular flexibility index (Phi) is 6.33. The molecule has 2 heterocycles. The van der Waals surface area contributed by atoms with Crippen LogP contribution in [0.1, 0.15) is 17.7 Å². The molecule has 1 amide bonds. The Labute approximate surface area is 184 Å². The van der Waals surface area contributed by atoms with E-state index in [0.717, 1.165) is 55.0 Å². The molecule has 1 N–H and O–H groups in total. The van der Waals surface area contributed by atoms with Crippen molar-refractivity contribution < 1.29 is 9.53 Å². The Morgan fingerprint density at radius 1 is 1.10 bits per heavy atom. The van der Waals surface area contributed by atoms with Crippen molar-refractivity contribution in [3.05, 3.63) is 84.2 Å². The molecule has 5 heteroatoms. The molecule has 1 atom stereocenters. The van der Waals surface area contributed by atoms with Crippen molar-refractivity contribution in [3.8, 4) is 16.9 Å². The number of carbonyl (C=O) groups is 1. The number of methoxy groups -OCH3 is 1. The predicted molar refractivity (Wildman–Crippen MR) is 123 cm³/mol. The normalized spacial score (nSPS) is 18.6. The molecule has 1 fully saturated rings. The van der Waals surface area contributed by atoms with E-state index in [4.69, 9.17) is 4.74 Å². The second-order valence-electron chi connectivity index (χ2n) is 8.22. The molecule has 1 unspecified atom stereocenters. The van der Waals surface area contributed by atoms with Gasteiger partial charge in [0.1, 0.15) is 5.75 Å². The average molecular weight is 416 g/mol. The molecule has 160 valence electrons. The maximum Gasteiger partial charge on any atom is 0.227 e. The Hall–Kier alpha value is -3.18. The zero-order valence-corrected chi connectivity index (χ0v) is 18.2. The summed E-state index contributed by atoms with van der Waals surface area (Å²) in [4.78, 5) is 19.7. The number of hydrogen-bond donors (Lipinski definition) is 1. The van der Waals surface area contributed by atoms with Crippen LogP contribution in [0.25, 0.3) is 11.1 Å². The number of likely N-dealkylation sites (tertiary alicyclic amines) is 1. The van der Waals surface area contributed by atoms with Gasteiger partial charge in [-0.3, -0.25) is 14.7 Å². The minimum Gasteiger partial charge on any atom is -0.496 e. The van der Waals surface area contributed by atoms with Crippen LogP contribution in [0, 0.1) is 5.41 Å². The van der Waals surface area contributed by atoms with E-state index in [2.05, 4.69) is 45.5 Å². The lowest BCUT2D eigenvalue weighted by molar-refractivity contribution is -0.130. The Bertz CT molecular complexity index is 1020. The Balaban J connectivity index is 1.51. The van der Waals surface area contributed by atoms with Crippen LogP contribution in [0.15, 0.2) is 72.9 Å². The van der Waals surface area contributed by atoms with E-state index >= 15 is 0 Å². The highest BCUT2D eigenvalue weighted by molar-refractivity contribution is 5.83. The standard InChI is InChI=1S/C26H29N3O2/c1-27-25(30)26(14-16-29(19-26)18-22-7-5-6-15-28-22)17-20-10-12-21(13-11-20)23-8-3-4-9-24(23)31-2/h3-13,15H,14,16-19H2,1-2H3,(H,27,30). The van der Waals surface area contributed by atoms with Gasteiger partial charge in [0.15, 0.2) is 0 Å². The Morgan fingerprint density at radius 3 is 2.58 bits per heavy atom. The van der Waals surface area contributed by atoms with Crippen LogP contribution in [-0.2, 0) is 17.8 Å². The topological polar surface area (TPSA) is 54.5 Å². The molecule has 0 aliphatic carbocycles. The van der Waals surface area contributed by atoms with Crippen molar-refractivity contribution in [3.63, 3.8) is 0 Å². The lowest BCUT2D eigenvalue weighted by atomic mass is 9.79. The van der Waals surface area contributed by atoms with Gasteiger partial charge in [0.25, 0.3) is 0 Å². The van der Waals surface area contributed by atoms with Crippen LogP contribution >= 0.6 is 0 Å². The van der Waals surface area contributed by atoms with E-state index in [1.54, 1.807) is 14.2 Å². The molecule has 4 rings (SSSR count). The summed E-state index contributed by atoms with van der Waals surface area (Å²) < 4.78 is 5.50. The van der Waals surface area contributed by atoms with Crippen molar-refractivity contribution >= 4 is 5.91 Å². The summed E-state index contributed by atoms with van der Waals surface area (Å²) in [5.41, 5.74) is 3.96. The maximum absolute atomic E-state index is 12.9. The zero-order valence-electron chi connectivity index (χ0n) is 18.2. The third kappa shape index (κ3) is 4.62. The van der Waals surface area contributed by atoms with E-state index in [-0.39, 0.29) is 5.91 Å². The highest BCUT2D eigenvalue weighted by Gasteiger charge is 2.44. The van der Waals surface area contributed by atoms with Crippen molar-refractivity contribution in [2.24, 2.45) is 5.41 Å². The number of benzene rings is 2. The second-order valence-corrected chi connectivity index (χ2v) is 8.22. The number of hydrogen-bond acceptors (Lipinski definition) is 4. The van der Waals surface area contributed by atoms with Gasteiger partial charge >= 0.3 is 0 Å². The summed E-state index contributed by atoms with van der Waals surface area (Å²) in [6.45, 7) is 2.40. The van der Waals surface area contributed by atoms with E-state index in [0.29, 0.717) is 0 Å². The van der Waals surface area contributed by atoms with Crippen LogP contribution in [0.3, 0.4) is 0 Å². The van der Waals surface area contributed by atoms with Gasteiger partial charge in [0, 0.05) is 31.9 Å². The number of nitrogens with one attached hydrogen (secondary N) is 1. The molecule has 0 saturated carbocycles. The van der Waals surface area contributed by atoms with Crippen molar-refractivity contribution in [1.82, 2.24) is 15.2 Å². The van der Waals surface area contributed by atoms with Gasteiger partial charge < -0.3 is 10.1 Å². The highest BCUT2D eigenvalue weighted by Crippen LogP contribution is 2.36. The van der Waals surface area contributed by atoms with Gasteiger partial charge in [-0.2, -0.15) is 0 Å². The molecule has 3 aromatic rings. The first-order valence-electron chi connectivity index (χ1n) is 10.7. The summed E-state index contributed by atoms with van der Waals surface area (Å²) in [5, 5.41) is 2.91. The van der Waals surface area contributed by atoms with Crippen molar-refractivity contribution in [1.29, 1.82) is 0 Å². The summed E-state index contributed by atoms with van der Waals surface area (Å²) in [5.74, 6) is 0.975. The largest absolute Gasteiger partial charge is 0.496 e. The van der Waals surface area contributed by atoms with E-state index in [1.807, 2.05) is 42.6 Å². The first-order valence-corrected chi connectivity index (χ1v) is 10.7. The third-order valence-electron chi connectivity index (χ3n) is 6.17. The molecule has 0 bridgehead atoms. The molecule has 0 spiro atoms. The van der Waals surface area contributed by atoms with E-state index in [1.165, 1.54) is 5.56 Å². The number of amides is 1.